The third kappa shape index (κ3) is 2.85. The molecule has 0 aromatic carbocycles. The SMILES string of the molecule is COc1cc(C)nc(N2CCN(C(=O)c3cnc[nH]3)CC2)n1. The molecule has 0 saturated carbocycles. The van der Waals surface area contributed by atoms with Crippen LogP contribution in [0.25, 0.3) is 0 Å². The van der Waals surface area contributed by atoms with Gasteiger partial charge in [0.1, 0.15) is 5.69 Å². The average Bonchev–Trinajstić information content (AvgIpc) is 3.08. The van der Waals surface area contributed by atoms with Crippen LogP contribution < -0.4 is 9.64 Å². The molecule has 1 saturated heterocycles. The summed E-state index contributed by atoms with van der Waals surface area (Å²) in [7, 11) is 1.59. The van der Waals surface area contributed by atoms with E-state index in [-0.39, 0.29) is 5.91 Å². The first-order valence-corrected chi connectivity index (χ1v) is 7.09. The summed E-state index contributed by atoms with van der Waals surface area (Å²) in [6.07, 6.45) is 3.06. The van der Waals surface area contributed by atoms with Crippen LogP contribution in [0.2, 0.25) is 0 Å². The summed E-state index contributed by atoms with van der Waals surface area (Å²) in [5.41, 5.74) is 1.37. The minimum atomic E-state index is -0.0279. The summed E-state index contributed by atoms with van der Waals surface area (Å²) in [5.74, 6) is 1.17. The number of anilines is 1. The Labute approximate surface area is 128 Å². The van der Waals surface area contributed by atoms with Gasteiger partial charge in [-0.2, -0.15) is 4.98 Å². The summed E-state index contributed by atoms with van der Waals surface area (Å²) < 4.78 is 5.18. The lowest BCUT2D eigenvalue weighted by atomic mass is 10.3. The quantitative estimate of drug-likeness (QED) is 0.887. The van der Waals surface area contributed by atoms with Crippen molar-refractivity contribution in [2.45, 2.75) is 6.92 Å². The van der Waals surface area contributed by atoms with E-state index in [1.807, 2.05) is 6.92 Å². The Balaban J connectivity index is 1.67. The first kappa shape index (κ1) is 14.3. The largest absolute Gasteiger partial charge is 0.481 e. The van der Waals surface area contributed by atoms with Crippen molar-refractivity contribution in [3.63, 3.8) is 0 Å². The van der Waals surface area contributed by atoms with Crippen LogP contribution in [0.3, 0.4) is 0 Å². The fraction of sp³-hybridized carbons (Fsp3) is 0.429. The number of methoxy groups -OCH3 is 1. The standard InChI is InChI=1S/C14H18N6O2/c1-10-7-12(22-2)18-14(17-10)20-5-3-19(4-6-20)13(21)11-8-15-9-16-11/h7-9H,3-6H2,1-2H3,(H,15,16). The van der Waals surface area contributed by atoms with Gasteiger partial charge in [-0.15, -0.1) is 0 Å². The Bertz CT molecular complexity index is 649. The second kappa shape index (κ2) is 6.00. The highest BCUT2D eigenvalue weighted by molar-refractivity contribution is 5.92. The lowest BCUT2D eigenvalue weighted by Crippen LogP contribution is -2.49. The van der Waals surface area contributed by atoms with Crippen molar-refractivity contribution in [2.24, 2.45) is 0 Å². The normalized spacial score (nSPS) is 15.0. The number of carbonyl (C=O) groups is 1. The summed E-state index contributed by atoms with van der Waals surface area (Å²) in [4.78, 5) is 31.6. The smallest absolute Gasteiger partial charge is 0.272 e. The van der Waals surface area contributed by atoms with E-state index >= 15 is 0 Å². The van der Waals surface area contributed by atoms with Crippen molar-refractivity contribution in [2.75, 3.05) is 38.2 Å². The Morgan fingerprint density at radius 1 is 1.27 bits per heavy atom. The molecule has 0 atom stereocenters. The first-order valence-electron chi connectivity index (χ1n) is 7.09. The van der Waals surface area contributed by atoms with Crippen LogP contribution in [-0.2, 0) is 0 Å². The van der Waals surface area contributed by atoms with E-state index < -0.39 is 0 Å². The van der Waals surface area contributed by atoms with Gasteiger partial charge in [-0.3, -0.25) is 4.79 Å². The monoisotopic (exact) mass is 302 g/mol. The van der Waals surface area contributed by atoms with Gasteiger partial charge in [0.25, 0.3) is 5.91 Å². The first-order chi connectivity index (χ1) is 10.7. The van der Waals surface area contributed by atoms with E-state index in [0.29, 0.717) is 43.7 Å². The lowest BCUT2D eigenvalue weighted by molar-refractivity contribution is 0.0741. The highest BCUT2D eigenvalue weighted by Gasteiger charge is 2.24. The molecule has 3 heterocycles. The molecule has 8 heteroatoms. The third-order valence-corrected chi connectivity index (χ3v) is 3.61. The second-order valence-corrected chi connectivity index (χ2v) is 5.10. The molecule has 8 nitrogen and oxygen atoms in total. The maximum absolute atomic E-state index is 12.2. The van der Waals surface area contributed by atoms with Crippen molar-refractivity contribution >= 4 is 11.9 Å². The second-order valence-electron chi connectivity index (χ2n) is 5.10. The molecule has 1 fully saturated rings. The van der Waals surface area contributed by atoms with Crippen molar-refractivity contribution in [3.05, 3.63) is 30.0 Å². The minimum Gasteiger partial charge on any atom is -0.481 e. The number of nitrogens with zero attached hydrogens (tertiary/aromatic N) is 5. The number of carbonyl (C=O) groups excluding carboxylic acids is 1. The number of aryl methyl sites for hydroxylation is 1. The van der Waals surface area contributed by atoms with Gasteiger partial charge >= 0.3 is 0 Å². The van der Waals surface area contributed by atoms with Crippen molar-refractivity contribution in [1.29, 1.82) is 0 Å². The van der Waals surface area contributed by atoms with Gasteiger partial charge in [0.15, 0.2) is 0 Å². The van der Waals surface area contributed by atoms with Gasteiger partial charge in [-0.25, -0.2) is 9.97 Å². The maximum atomic E-state index is 12.2. The molecule has 0 bridgehead atoms. The van der Waals surface area contributed by atoms with E-state index in [2.05, 4.69) is 24.8 Å². The number of imidazole rings is 1. The van der Waals surface area contributed by atoms with E-state index in [1.165, 1.54) is 6.33 Å². The highest BCUT2D eigenvalue weighted by atomic mass is 16.5. The van der Waals surface area contributed by atoms with Crippen LogP contribution in [0.4, 0.5) is 5.95 Å². The molecule has 22 heavy (non-hydrogen) atoms. The van der Waals surface area contributed by atoms with Crippen LogP contribution in [-0.4, -0.2) is 64.0 Å². The average molecular weight is 302 g/mol. The number of hydrogen-bond acceptors (Lipinski definition) is 6. The predicted molar refractivity (Wildman–Crippen MR) is 80.0 cm³/mol. The molecule has 1 aliphatic heterocycles. The molecule has 0 unspecified atom stereocenters. The Kier molecular flexibility index (Phi) is 3.90. The molecule has 0 radical (unpaired) electrons. The van der Waals surface area contributed by atoms with Crippen LogP contribution in [0.1, 0.15) is 16.2 Å². The van der Waals surface area contributed by atoms with Gasteiger partial charge in [-0.05, 0) is 6.92 Å². The molecule has 0 spiro atoms. The Hall–Kier alpha value is -2.64. The number of aromatic amines is 1. The fourth-order valence-electron chi connectivity index (χ4n) is 2.42. The molecule has 1 N–H and O–H groups in total. The van der Waals surface area contributed by atoms with Crippen LogP contribution >= 0.6 is 0 Å². The molecular weight excluding hydrogens is 284 g/mol. The van der Waals surface area contributed by atoms with Crippen LogP contribution in [0.5, 0.6) is 5.88 Å². The van der Waals surface area contributed by atoms with Crippen molar-refractivity contribution < 1.29 is 9.53 Å². The van der Waals surface area contributed by atoms with Crippen molar-refractivity contribution in [1.82, 2.24) is 24.8 Å². The Morgan fingerprint density at radius 3 is 2.68 bits per heavy atom. The summed E-state index contributed by atoms with van der Waals surface area (Å²) in [6, 6.07) is 1.79. The minimum absolute atomic E-state index is 0.0279. The third-order valence-electron chi connectivity index (χ3n) is 3.61. The number of amides is 1. The van der Waals surface area contributed by atoms with Crippen LogP contribution in [0.15, 0.2) is 18.6 Å². The molecule has 1 amide bonds. The van der Waals surface area contributed by atoms with Gasteiger partial charge < -0.3 is 19.5 Å². The van der Waals surface area contributed by atoms with Gasteiger partial charge in [0, 0.05) is 37.9 Å². The van der Waals surface area contributed by atoms with E-state index in [0.717, 1.165) is 5.69 Å². The number of ether oxygens (including phenoxy) is 1. The number of nitrogens with one attached hydrogen (secondary N) is 1. The Morgan fingerprint density at radius 2 is 2.05 bits per heavy atom. The summed E-state index contributed by atoms with van der Waals surface area (Å²) in [6.45, 7) is 4.53. The maximum Gasteiger partial charge on any atom is 0.272 e. The predicted octanol–water partition coefficient (Wildman–Crippen LogP) is 0.479. The van der Waals surface area contributed by atoms with E-state index in [9.17, 15) is 4.79 Å². The zero-order valence-electron chi connectivity index (χ0n) is 12.6. The van der Waals surface area contributed by atoms with Gasteiger partial charge in [-0.1, -0.05) is 0 Å². The number of aromatic nitrogens is 4. The van der Waals surface area contributed by atoms with Crippen LogP contribution in [0, 0.1) is 6.92 Å². The molecule has 116 valence electrons. The molecular formula is C14H18N6O2. The zero-order valence-corrected chi connectivity index (χ0v) is 12.6. The number of piperazine rings is 1. The number of H-pyrrole nitrogens is 1. The summed E-state index contributed by atoms with van der Waals surface area (Å²) >= 11 is 0. The van der Waals surface area contributed by atoms with Gasteiger partial charge in [0.05, 0.1) is 19.6 Å². The fourth-order valence-corrected chi connectivity index (χ4v) is 2.42. The van der Waals surface area contributed by atoms with Gasteiger partial charge in [0.2, 0.25) is 11.8 Å². The molecule has 0 aliphatic carbocycles. The summed E-state index contributed by atoms with van der Waals surface area (Å²) in [5, 5.41) is 0. The topological polar surface area (TPSA) is 87.2 Å². The molecule has 2 aromatic heterocycles. The lowest BCUT2D eigenvalue weighted by Gasteiger charge is -2.34. The number of hydrogen-bond donors (Lipinski definition) is 1. The molecule has 3 rings (SSSR count). The van der Waals surface area contributed by atoms with E-state index in [1.54, 1.807) is 24.3 Å². The zero-order chi connectivity index (χ0) is 15.5. The highest BCUT2D eigenvalue weighted by Crippen LogP contribution is 2.17. The number of rotatable bonds is 3. The van der Waals surface area contributed by atoms with E-state index in [4.69, 9.17) is 4.74 Å². The molecule has 2 aromatic rings. The molecule has 1 aliphatic rings. The van der Waals surface area contributed by atoms with Crippen molar-refractivity contribution in [3.8, 4) is 5.88 Å².